The van der Waals surface area contributed by atoms with Crippen molar-refractivity contribution in [1.29, 1.82) is 0 Å². The number of thioether (sulfide) groups is 1. The summed E-state index contributed by atoms with van der Waals surface area (Å²) < 4.78 is 0. The molecule has 0 saturated carbocycles. The van der Waals surface area contributed by atoms with E-state index in [0.29, 0.717) is 6.54 Å². The zero-order chi connectivity index (χ0) is 15.1. The molecule has 0 fully saturated rings. The van der Waals surface area contributed by atoms with E-state index < -0.39 is 5.54 Å². The van der Waals surface area contributed by atoms with Gasteiger partial charge in [0.15, 0.2) is 0 Å². The first-order valence-corrected chi connectivity index (χ1v) is 7.90. The standard InChI is InChI=1S/C17H20N2OS/c1-17(18,14-8-4-2-5-9-14)16(20)19-12-13-21-15-10-6-3-7-11-15/h2-11H,12-13,18H2,1H3,(H,19,20). The second-order valence-electron chi connectivity index (χ2n) is 4.99. The molecule has 1 atom stereocenters. The number of rotatable bonds is 6. The summed E-state index contributed by atoms with van der Waals surface area (Å²) in [4.78, 5) is 13.4. The first kappa shape index (κ1) is 15.6. The Labute approximate surface area is 129 Å². The van der Waals surface area contributed by atoms with E-state index in [2.05, 4.69) is 17.4 Å². The fourth-order valence-corrected chi connectivity index (χ4v) is 2.74. The highest BCUT2D eigenvalue weighted by Crippen LogP contribution is 2.18. The van der Waals surface area contributed by atoms with Gasteiger partial charge in [0.25, 0.3) is 0 Å². The average Bonchev–Trinajstić information content (AvgIpc) is 2.53. The summed E-state index contributed by atoms with van der Waals surface area (Å²) in [5.41, 5.74) is 5.97. The Hall–Kier alpha value is -1.78. The van der Waals surface area contributed by atoms with Crippen molar-refractivity contribution in [3.05, 3.63) is 66.2 Å². The molecule has 0 aliphatic heterocycles. The van der Waals surface area contributed by atoms with E-state index in [1.807, 2.05) is 48.5 Å². The van der Waals surface area contributed by atoms with Gasteiger partial charge in [0.05, 0.1) is 0 Å². The first-order chi connectivity index (χ1) is 10.1. The maximum Gasteiger partial charge on any atom is 0.244 e. The van der Waals surface area contributed by atoms with Crippen molar-refractivity contribution >= 4 is 17.7 Å². The van der Waals surface area contributed by atoms with Crippen LogP contribution in [-0.2, 0) is 10.3 Å². The van der Waals surface area contributed by atoms with Crippen molar-refractivity contribution in [2.75, 3.05) is 12.3 Å². The summed E-state index contributed by atoms with van der Waals surface area (Å²) in [6.45, 7) is 2.33. The molecule has 2 aromatic carbocycles. The Morgan fingerprint density at radius 2 is 1.67 bits per heavy atom. The Kier molecular flexibility index (Phi) is 5.42. The van der Waals surface area contributed by atoms with Gasteiger partial charge in [-0.25, -0.2) is 0 Å². The van der Waals surface area contributed by atoms with Crippen LogP contribution in [0.1, 0.15) is 12.5 Å². The van der Waals surface area contributed by atoms with Crippen molar-refractivity contribution in [1.82, 2.24) is 5.32 Å². The normalized spacial score (nSPS) is 13.4. The lowest BCUT2D eigenvalue weighted by atomic mass is 9.92. The zero-order valence-corrected chi connectivity index (χ0v) is 12.9. The summed E-state index contributed by atoms with van der Waals surface area (Å²) >= 11 is 1.71. The number of nitrogens with one attached hydrogen (secondary N) is 1. The summed E-state index contributed by atoms with van der Waals surface area (Å²) in [5.74, 6) is 0.669. The minimum Gasteiger partial charge on any atom is -0.353 e. The Morgan fingerprint density at radius 1 is 1.10 bits per heavy atom. The molecule has 110 valence electrons. The third kappa shape index (κ3) is 4.34. The fraction of sp³-hybridized carbons (Fsp3) is 0.235. The largest absolute Gasteiger partial charge is 0.353 e. The van der Waals surface area contributed by atoms with Gasteiger partial charge in [0.1, 0.15) is 5.54 Å². The molecule has 2 aromatic rings. The lowest BCUT2D eigenvalue weighted by molar-refractivity contribution is -0.125. The number of hydrogen-bond donors (Lipinski definition) is 2. The van der Waals surface area contributed by atoms with E-state index >= 15 is 0 Å². The minimum absolute atomic E-state index is 0.151. The molecule has 0 saturated heterocycles. The van der Waals surface area contributed by atoms with E-state index in [1.54, 1.807) is 18.7 Å². The Balaban J connectivity index is 1.82. The van der Waals surface area contributed by atoms with Crippen molar-refractivity contribution in [2.45, 2.75) is 17.4 Å². The van der Waals surface area contributed by atoms with Crippen molar-refractivity contribution in [3.63, 3.8) is 0 Å². The number of nitrogens with two attached hydrogens (primary N) is 1. The van der Waals surface area contributed by atoms with E-state index in [1.165, 1.54) is 4.90 Å². The molecule has 4 heteroatoms. The van der Waals surface area contributed by atoms with Crippen molar-refractivity contribution < 1.29 is 4.79 Å². The van der Waals surface area contributed by atoms with Crippen LogP contribution in [0.3, 0.4) is 0 Å². The van der Waals surface area contributed by atoms with Crippen LogP contribution in [0.2, 0.25) is 0 Å². The highest BCUT2D eigenvalue weighted by molar-refractivity contribution is 7.99. The second kappa shape index (κ2) is 7.29. The van der Waals surface area contributed by atoms with Crippen LogP contribution in [0, 0.1) is 0 Å². The molecule has 0 spiro atoms. The van der Waals surface area contributed by atoms with Gasteiger partial charge in [-0.05, 0) is 24.6 Å². The molecule has 0 heterocycles. The SMILES string of the molecule is CC(N)(C(=O)NCCSc1ccccc1)c1ccccc1. The van der Waals surface area contributed by atoms with Crippen LogP contribution < -0.4 is 11.1 Å². The van der Waals surface area contributed by atoms with Crippen LogP contribution in [-0.4, -0.2) is 18.2 Å². The molecule has 2 rings (SSSR count). The summed E-state index contributed by atoms with van der Waals surface area (Å²) in [6, 6.07) is 19.6. The molecule has 0 aliphatic carbocycles. The highest BCUT2D eigenvalue weighted by Gasteiger charge is 2.29. The molecular weight excluding hydrogens is 280 g/mol. The number of carbonyl (C=O) groups is 1. The van der Waals surface area contributed by atoms with Gasteiger partial charge in [0.2, 0.25) is 5.91 Å². The molecule has 0 radical (unpaired) electrons. The minimum atomic E-state index is -1.00. The molecule has 1 unspecified atom stereocenters. The maximum absolute atomic E-state index is 12.2. The number of hydrogen-bond acceptors (Lipinski definition) is 3. The molecule has 3 nitrogen and oxygen atoms in total. The number of benzene rings is 2. The van der Waals surface area contributed by atoms with E-state index in [0.717, 1.165) is 11.3 Å². The summed E-state index contributed by atoms with van der Waals surface area (Å²) in [7, 11) is 0. The quantitative estimate of drug-likeness (QED) is 0.637. The van der Waals surface area contributed by atoms with Crippen LogP contribution in [0.5, 0.6) is 0 Å². The summed E-state index contributed by atoms with van der Waals surface area (Å²) in [6.07, 6.45) is 0. The van der Waals surface area contributed by atoms with Gasteiger partial charge in [-0.15, -0.1) is 11.8 Å². The Morgan fingerprint density at radius 3 is 2.29 bits per heavy atom. The van der Waals surface area contributed by atoms with Gasteiger partial charge in [0, 0.05) is 17.2 Å². The van der Waals surface area contributed by atoms with Gasteiger partial charge in [-0.3, -0.25) is 4.79 Å². The van der Waals surface area contributed by atoms with Gasteiger partial charge in [-0.2, -0.15) is 0 Å². The fourth-order valence-electron chi connectivity index (χ4n) is 1.95. The van der Waals surface area contributed by atoms with E-state index in [9.17, 15) is 4.79 Å². The Bertz CT molecular complexity index is 570. The van der Waals surface area contributed by atoms with E-state index in [-0.39, 0.29) is 5.91 Å². The maximum atomic E-state index is 12.2. The van der Waals surface area contributed by atoms with Gasteiger partial charge < -0.3 is 11.1 Å². The molecule has 0 aliphatic rings. The molecule has 1 amide bonds. The molecular formula is C17H20N2OS. The van der Waals surface area contributed by atoms with Crippen molar-refractivity contribution in [3.8, 4) is 0 Å². The average molecular weight is 300 g/mol. The number of carbonyl (C=O) groups excluding carboxylic acids is 1. The number of amides is 1. The topological polar surface area (TPSA) is 55.1 Å². The second-order valence-corrected chi connectivity index (χ2v) is 6.15. The van der Waals surface area contributed by atoms with E-state index in [4.69, 9.17) is 5.73 Å². The zero-order valence-electron chi connectivity index (χ0n) is 12.1. The van der Waals surface area contributed by atoms with Crippen LogP contribution in [0.4, 0.5) is 0 Å². The third-order valence-corrected chi connectivity index (χ3v) is 4.26. The first-order valence-electron chi connectivity index (χ1n) is 6.91. The molecule has 0 aromatic heterocycles. The lowest BCUT2D eigenvalue weighted by Gasteiger charge is -2.24. The summed E-state index contributed by atoms with van der Waals surface area (Å²) in [5, 5.41) is 2.91. The highest BCUT2D eigenvalue weighted by atomic mass is 32.2. The van der Waals surface area contributed by atoms with Crippen LogP contribution >= 0.6 is 11.8 Å². The molecule has 0 bridgehead atoms. The lowest BCUT2D eigenvalue weighted by Crippen LogP contribution is -2.49. The van der Waals surface area contributed by atoms with Crippen LogP contribution in [0.15, 0.2) is 65.6 Å². The van der Waals surface area contributed by atoms with Crippen LogP contribution in [0.25, 0.3) is 0 Å². The molecule has 21 heavy (non-hydrogen) atoms. The van der Waals surface area contributed by atoms with Crippen molar-refractivity contribution in [2.24, 2.45) is 5.73 Å². The van der Waals surface area contributed by atoms with Gasteiger partial charge in [-0.1, -0.05) is 48.5 Å². The monoisotopic (exact) mass is 300 g/mol. The predicted molar refractivity (Wildman–Crippen MR) is 88.2 cm³/mol. The van der Waals surface area contributed by atoms with Gasteiger partial charge >= 0.3 is 0 Å². The third-order valence-electron chi connectivity index (χ3n) is 3.24. The smallest absolute Gasteiger partial charge is 0.244 e. The predicted octanol–water partition coefficient (Wildman–Crippen LogP) is 2.77. The molecule has 3 N–H and O–H groups in total.